The Balaban J connectivity index is 0.897. The van der Waals surface area contributed by atoms with E-state index in [0.29, 0.717) is 0 Å². The van der Waals surface area contributed by atoms with E-state index in [0.717, 1.165) is 11.4 Å². The molecular formula is C60H45NSi. The van der Waals surface area contributed by atoms with Gasteiger partial charge < -0.3 is 4.90 Å². The molecule has 294 valence electrons. The summed E-state index contributed by atoms with van der Waals surface area (Å²) in [6, 6.07) is 82.2. The maximum Gasteiger partial charge on any atom is 0.113 e. The first kappa shape index (κ1) is 37.5. The lowest BCUT2D eigenvalue weighted by Crippen LogP contribution is -2.49. The van der Waals surface area contributed by atoms with Gasteiger partial charge in [-0.05, 0) is 130 Å². The molecule has 0 fully saturated rings. The number of benzene rings is 10. The smallest absolute Gasteiger partial charge is 0.113 e. The molecule has 0 amide bonds. The second kappa shape index (κ2) is 15.5. The molecule has 62 heavy (non-hydrogen) atoms. The summed E-state index contributed by atoms with van der Waals surface area (Å²) < 4.78 is 0. The Hall–Kier alpha value is -7.52. The quantitative estimate of drug-likeness (QED) is 0.0840. The van der Waals surface area contributed by atoms with E-state index in [-0.39, 0.29) is 0 Å². The van der Waals surface area contributed by atoms with Crippen LogP contribution in [0.15, 0.2) is 224 Å². The van der Waals surface area contributed by atoms with E-state index >= 15 is 0 Å². The zero-order valence-electron chi connectivity index (χ0n) is 35.0. The average Bonchev–Trinajstić information content (AvgIpc) is 3.56. The first-order valence-corrected chi connectivity index (χ1v) is 24.6. The van der Waals surface area contributed by atoms with Gasteiger partial charge in [0.1, 0.15) is 8.07 Å². The fourth-order valence-corrected chi connectivity index (χ4v) is 12.9. The number of hydrogen-bond acceptors (Lipinski definition) is 1. The SMILES string of the molecule is C[Si]1(C)c2cc(/C=C/c3ccc(-c4ccc5c(-c6ccccc6)c(-c6ccccc6)c6ccccc6c5c4)cc3)ccc2-c2ccc(N(c3ccccc3)c3ccccc3)cc21. The van der Waals surface area contributed by atoms with E-state index in [2.05, 4.69) is 255 Å². The zero-order valence-corrected chi connectivity index (χ0v) is 36.0. The molecule has 0 bridgehead atoms. The van der Waals surface area contributed by atoms with Gasteiger partial charge in [0.2, 0.25) is 0 Å². The van der Waals surface area contributed by atoms with Gasteiger partial charge in [0.15, 0.2) is 0 Å². The molecule has 0 aliphatic carbocycles. The predicted octanol–water partition coefficient (Wildman–Crippen LogP) is 15.4. The molecule has 1 aliphatic rings. The fraction of sp³-hybridized carbons (Fsp3) is 0.0333. The van der Waals surface area contributed by atoms with Crippen molar-refractivity contribution in [3.63, 3.8) is 0 Å². The summed E-state index contributed by atoms with van der Waals surface area (Å²) in [5.41, 5.74) is 16.2. The van der Waals surface area contributed by atoms with Crippen molar-refractivity contribution in [1.29, 1.82) is 0 Å². The topological polar surface area (TPSA) is 3.24 Å². The van der Waals surface area contributed by atoms with Gasteiger partial charge in [0.25, 0.3) is 0 Å². The monoisotopic (exact) mass is 807 g/mol. The van der Waals surface area contributed by atoms with Crippen LogP contribution < -0.4 is 15.3 Å². The molecule has 0 radical (unpaired) electrons. The van der Waals surface area contributed by atoms with Crippen LogP contribution in [0.4, 0.5) is 17.1 Å². The van der Waals surface area contributed by atoms with Gasteiger partial charge in [-0.15, -0.1) is 0 Å². The third kappa shape index (κ3) is 6.57. The maximum absolute atomic E-state index is 2.50. The second-order valence-electron chi connectivity index (χ2n) is 16.9. The van der Waals surface area contributed by atoms with Crippen LogP contribution in [0.25, 0.3) is 78.2 Å². The summed E-state index contributed by atoms with van der Waals surface area (Å²) >= 11 is 0. The van der Waals surface area contributed by atoms with Crippen molar-refractivity contribution in [3.8, 4) is 44.5 Å². The Kier molecular flexibility index (Phi) is 9.37. The van der Waals surface area contributed by atoms with Crippen LogP contribution in [0, 0.1) is 0 Å². The Morgan fingerprint density at radius 3 is 1.40 bits per heavy atom. The van der Waals surface area contributed by atoms with E-state index in [1.807, 2.05) is 0 Å². The first-order chi connectivity index (χ1) is 30.5. The van der Waals surface area contributed by atoms with E-state index in [4.69, 9.17) is 0 Å². The number of rotatable bonds is 8. The number of para-hydroxylation sites is 2. The minimum absolute atomic E-state index is 1.16. The molecular weight excluding hydrogens is 763 g/mol. The normalized spacial score (nSPS) is 12.7. The molecule has 0 atom stereocenters. The highest BCUT2D eigenvalue weighted by molar-refractivity contribution is 7.03. The summed E-state index contributed by atoms with van der Waals surface area (Å²) in [7, 11) is -1.99. The van der Waals surface area contributed by atoms with Gasteiger partial charge in [-0.2, -0.15) is 0 Å². The van der Waals surface area contributed by atoms with Gasteiger partial charge in [0, 0.05) is 17.1 Å². The van der Waals surface area contributed by atoms with Crippen LogP contribution >= 0.6 is 0 Å². The lowest BCUT2D eigenvalue weighted by molar-refractivity contribution is 1.29. The van der Waals surface area contributed by atoms with Crippen LogP contribution in [-0.2, 0) is 0 Å². The molecule has 1 aliphatic heterocycles. The number of anilines is 3. The Bertz CT molecular complexity index is 3240. The molecule has 1 heterocycles. The molecule has 2 heteroatoms. The van der Waals surface area contributed by atoms with E-state index < -0.39 is 8.07 Å². The van der Waals surface area contributed by atoms with Crippen molar-refractivity contribution in [1.82, 2.24) is 0 Å². The van der Waals surface area contributed by atoms with E-state index in [9.17, 15) is 0 Å². The number of hydrogen-bond donors (Lipinski definition) is 0. The molecule has 1 nitrogen and oxygen atoms in total. The van der Waals surface area contributed by atoms with Crippen LogP contribution in [-0.4, -0.2) is 8.07 Å². The highest BCUT2D eigenvalue weighted by Crippen LogP contribution is 2.45. The summed E-state index contributed by atoms with van der Waals surface area (Å²) in [5.74, 6) is 0. The lowest BCUT2D eigenvalue weighted by Gasteiger charge is -2.27. The molecule has 10 aromatic rings. The lowest BCUT2D eigenvalue weighted by atomic mass is 9.84. The zero-order chi connectivity index (χ0) is 41.6. The van der Waals surface area contributed by atoms with Gasteiger partial charge in [-0.1, -0.05) is 207 Å². The van der Waals surface area contributed by atoms with Crippen molar-refractivity contribution in [2.24, 2.45) is 0 Å². The third-order valence-corrected chi connectivity index (χ3v) is 16.4. The fourth-order valence-electron chi connectivity index (χ4n) is 9.75. The second-order valence-corrected chi connectivity index (χ2v) is 21.2. The van der Waals surface area contributed by atoms with Gasteiger partial charge in [-0.25, -0.2) is 0 Å². The molecule has 0 saturated heterocycles. The molecule has 0 aromatic heterocycles. The van der Waals surface area contributed by atoms with E-state index in [1.54, 1.807) is 0 Å². The third-order valence-electron chi connectivity index (χ3n) is 12.8. The minimum Gasteiger partial charge on any atom is -0.311 e. The highest BCUT2D eigenvalue weighted by atomic mass is 28.3. The molecule has 11 rings (SSSR count). The molecule has 0 N–H and O–H groups in total. The van der Waals surface area contributed by atoms with Crippen LogP contribution in [0.3, 0.4) is 0 Å². The van der Waals surface area contributed by atoms with Crippen molar-refractivity contribution in [2.75, 3.05) is 4.90 Å². The van der Waals surface area contributed by atoms with Gasteiger partial charge in [0.05, 0.1) is 0 Å². The van der Waals surface area contributed by atoms with Crippen LogP contribution in [0.1, 0.15) is 11.1 Å². The predicted molar refractivity (Wildman–Crippen MR) is 270 cm³/mol. The summed E-state index contributed by atoms with van der Waals surface area (Å²) in [6.07, 6.45) is 4.53. The Labute approximate surface area is 365 Å². The maximum atomic E-state index is 2.50. The largest absolute Gasteiger partial charge is 0.311 e. The Morgan fingerprint density at radius 2 is 0.790 bits per heavy atom. The summed E-state index contributed by atoms with van der Waals surface area (Å²) in [4.78, 5) is 2.37. The molecule has 0 unspecified atom stereocenters. The highest BCUT2D eigenvalue weighted by Gasteiger charge is 2.38. The van der Waals surface area contributed by atoms with Crippen molar-refractivity contribution in [2.45, 2.75) is 13.1 Å². The standard InChI is InChI=1S/C60H45NSi/c1-62(2)57-39-43(31-36-52(57)53-38-35-50(41-58(53)62)61(48-21-11-5-12-22-48)49-23-13-6-14-24-49)28-27-42-29-32-44(33-30-42)47-34-37-55-56(40-47)51-25-15-16-26-54(51)59(45-17-7-3-8-18-45)60(55)46-19-9-4-10-20-46/h3-41H,1-2H3/b28-27+. The van der Waals surface area contributed by atoms with Gasteiger partial charge >= 0.3 is 0 Å². The van der Waals surface area contributed by atoms with Crippen molar-refractivity contribution >= 4 is 69.2 Å². The van der Waals surface area contributed by atoms with Crippen LogP contribution in [0.2, 0.25) is 13.1 Å². The molecule has 10 aromatic carbocycles. The number of nitrogens with zero attached hydrogens (tertiary/aromatic N) is 1. The minimum atomic E-state index is -1.99. The average molecular weight is 808 g/mol. The number of fused-ring (bicyclic) bond motifs is 6. The van der Waals surface area contributed by atoms with E-state index in [1.165, 1.54) is 93.2 Å². The van der Waals surface area contributed by atoms with Crippen molar-refractivity contribution in [3.05, 3.63) is 236 Å². The Morgan fingerprint density at radius 1 is 0.323 bits per heavy atom. The summed E-state index contributed by atoms with van der Waals surface area (Å²) in [5, 5.41) is 8.07. The first-order valence-electron chi connectivity index (χ1n) is 21.6. The van der Waals surface area contributed by atoms with Crippen LogP contribution in [0.5, 0.6) is 0 Å². The van der Waals surface area contributed by atoms with Crippen molar-refractivity contribution < 1.29 is 0 Å². The summed E-state index contributed by atoms with van der Waals surface area (Å²) in [6.45, 7) is 5.01. The molecule has 0 spiro atoms. The van der Waals surface area contributed by atoms with Gasteiger partial charge in [-0.3, -0.25) is 0 Å². The molecule has 0 saturated carbocycles.